The molecule has 0 bridgehead atoms. The van der Waals surface area contributed by atoms with Gasteiger partial charge in [0.05, 0.1) is 0 Å². The minimum absolute atomic E-state index is 0.104. The predicted octanol–water partition coefficient (Wildman–Crippen LogP) is 4.92. The standard InChI is InChI=1S/C26H27N3O/c27-26(30)29(20-11-5-2-6-12-20)21-15-16-28-18-24(19-9-3-1-4-10-19)22-13-7-8-14-23(22)25(28)17-21/h1-14,21,24-25H,15-18H2,(H2,27,30)/t21-,24-,25-/m0/s1. The third-order valence-electron chi connectivity index (χ3n) is 6.67. The molecule has 0 radical (unpaired) electrons. The molecule has 3 atom stereocenters. The Morgan fingerprint density at radius 2 is 1.50 bits per heavy atom. The maximum Gasteiger partial charge on any atom is 0.319 e. The highest BCUT2D eigenvalue weighted by molar-refractivity contribution is 5.91. The first-order valence-corrected chi connectivity index (χ1v) is 10.7. The summed E-state index contributed by atoms with van der Waals surface area (Å²) in [4.78, 5) is 16.8. The molecular formula is C26H27N3O. The van der Waals surface area contributed by atoms with Crippen LogP contribution in [-0.4, -0.2) is 30.1 Å². The Balaban J connectivity index is 1.48. The molecule has 0 spiro atoms. The zero-order valence-electron chi connectivity index (χ0n) is 17.0. The van der Waals surface area contributed by atoms with Gasteiger partial charge in [-0.25, -0.2) is 4.79 Å². The zero-order valence-corrected chi connectivity index (χ0v) is 17.0. The van der Waals surface area contributed by atoms with E-state index >= 15 is 0 Å². The van der Waals surface area contributed by atoms with Gasteiger partial charge in [0.15, 0.2) is 0 Å². The van der Waals surface area contributed by atoms with Crippen LogP contribution in [0.5, 0.6) is 0 Å². The van der Waals surface area contributed by atoms with Gasteiger partial charge in [-0.05, 0) is 41.7 Å². The van der Waals surface area contributed by atoms with Crippen molar-refractivity contribution in [1.29, 1.82) is 0 Å². The number of fused-ring (bicyclic) bond motifs is 3. The second kappa shape index (κ2) is 7.96. The van der Waals surface area contributed by atoms with Crippen molar-refractivity contribution in [2.45, 2.75) is 30.8 Å². The number of benzene rings is 3. The van der Waals surface area contributed by atoms with E-state index in [9.17, 15) is 4.79 Å². The molecule has 30 heavy (non-hydrogen) atoms. The predicted molar refractivity (Wildman–Crippen MR) is 121 cm³/mol. The van der Waals surface area contributed by atoms with Gasteiger partial charge in [-0.1, -0.05) is 72.8 Å². The van der Waals surface area contributed by atoms with E-state index in [2.05, 4.69) is 59.5 Å². The van der Waals surface area contributed by atoms with Crippen LogP contribution in [0.15, 0.2) is 84.9 Å². The summed E-state index contributed by atoms with van der Waals surface area (Å²) in [6, 6.07) is 29.5. The third-order valence-corrected chi connectivity index (χ3v) is 6.67. The molecule has 2 N–H and O–H groups in total. The molecule has 2 heterocycles. The maximum atomic E-state index is 12.4. The first-order chi connectivity index (χ1) is 14.7. The van der Waals surface area contributed by atoms with E-state index in [4.69, 9.17) is 5.73 Å². The number of rotatable bonds is 3. The fourth-order valence-electron chi connectivity index (χ4n) is 5.31. The highest BCUT2D eigenvalue weighted by Crippen LogP contribution is 2.44. The van der Waals surface area contributed by atoms with Gasteiger partial charge in [0.2, 0.25) is 0 Å². The van der Waals surface area contributed by atoms with Crippen molar-refractivity contribution in [2.24, 2.45) is 5.73 Å². The van der Waals surface area contributed by atoms with Crippen LogP contribution in [0, 0.1) is 0 Å². The number of piperidine rings is 1. The smallest absolute Gasteiger partial charge is 0.319 e. The largest absolute Gasteiger partial charge is 0.351 e. The number of hydrogen-bond acceptors (Lipinski definition) is 2. The Morgan fingerprint density at radius 3 is 2.20 bits per heavy atom. The zero-order chi connectivity index (χ0) is 20.5. The van der Waals surface area contributed by atoms with Crippen molar-refractivity contribution in [1.82, 2.24) is 4.90 Å². The van der Waals surface area contributed by atoms with Gasteiger partial charge in [0.1, 0.15) is 0 Å². The number of urea groups is 1. The lowest BCUT2D eigenvalue weighted by atomic mass is 9.77. The molecule has 2 aliphatic heterocycles. The number of hydrogen-bond donors (Lipinski definition) is 1. The molecule has 4 heteroatoms. The van der Waals surface area contributed by atoms with Crippen LogP contribution in [0.25, 0.3) is 0 Å². The van der Waals surface area contributed by atoms with E-state index in [1.165, 1.54) is 16.7 Å². The van der Waals surface area contributed by atoms with Crippen LogP contribution in [-0.2, 0) is 0 Å². The summed E-state index contributed by atoms with van der Waals surface area (Å²) in [5.74, 6) is 0.386. The van der Waals surface area contributed by atoms with E-state index in [1.807, 2.05) is 30.3 Å². The van der Waals surface area contributed by atoms with Crippen LogP contribution in [0.2, 0.25) is 0 Å². The summed E-state index contributed by atoms with van der Waals surface area (Å²) in [6.07, 6.45) is 1.83. The molecule has 152 valence electrons. The molecule has 1 saturated heterocycles. The summed E-state index contributed by atoms with van der Waals surface area (Å²) < 4.78 is 0. The highest BCUT2D eigenvalue weighted by atomic mass is 16.2. The number of anilines is 1. The number of amides is 2. The molecular weight excluding hydrogens is 370 g/mol. The average Bonchev–Trinajstić information content (AvgIpc) is 2.80. The number of carbonyl (C=O) groups excluding carboxylic acids is 1. The van der Waals surface area contributed by atoms with Crippen LogP contribution in [0.1, 0.15) is 41.5 Å². The van der Waals surface area contributed by atoms with E-state index in [0.29, 0.717) is 12.0 Å². The molecule has 0 saturated carbocycles. The highest BCUT2D eigenvalue weighted by Gasteiger charge is 2.40. The normalized spacial score (nSPS) is 23.3. The summed E-state index contributed by atoms with van der Waals surface area (Å²) in [5, 5.41) is 0. The Bertz CT molecular complexity index is 1020. The monoisotopic (exact) mass is 397 g/mol. The lowest BCUT2D eigenvalue weighted by Crippen LogP contribution is -2.52. The number of nitrogens with two attached hydrogens (primary N) is 1. The van der Waals surface area contributed by atoms with Crippen molar-refractivity contribution in [2.75, 3.05) is 18.0 Å². The first-order valence-electron chi connectivity index (χ1n) is 10.7. The van der Waals surface area contributed by atoms with Crippen molar-refractivity contribution >= 4 is 11.7 Å². The summed E-state index contributed by atoms with van der Waals surface area (Å²) in [7, 11) is 0. The van der Waals surface area contributed by atoms with Crippen molar-refractivity contribution < 1.29 is 4.79 Å². The molecule has 3 aromatic rings. The van der Waals surface area contributed by atoms with Crippen molar-refractivity contribution in [3.63, 3.8) is 0 Å². The fourth-order valence-corrected chi connectivity index (χ4v) is 5.31. The first kappa shape index (κ1) is 18.9. The third kappa shape index (κ3) is 3.37. The summed E-state index contributed by atoms with van der Waals surface area (Å²) in [6.45, 7) is 1.98. The Hall–Kier alpha value is -3.11. The molecule has 2 aliphatic rings. The van der Waals surface area contributed by atoms with Gasteiger partial charge in [0.25, 0.3) is 0 Å². The minimum Gasteiger partial charge on any atom is -0.351 e. The topological polar surface area (TPSA) is 49.6 Å². The molecule has 0 aromatic heterocycles. The Kier molecular flexibility index (Phi) is 5.01. The molecule has 0 aliphatic carbocycles. The minimum atomic E-state index is -0.370. The van der Waals surface area contributed by atoms with Gasteiger partial charge in [-0.2, -0.15) is 0 Å². The van der Waals surface area contributed by atoms with Gasteiger partial charge in [-0.15, -0.1) is 0 Å². The molecule has 4 nitrogen and oxygen atoms in total. The Morgan fingerprint density at radius 1 is 0.867 bits per heavy atom. The van der Waals surface area contributed by atoms with Crippen molar-refractivity contribution in [3.05, 3.63) is 102 Å². The average molecular weight is 398 g/mol. The fraction of sp³-hybridized carbons (Fsp3) is 0.269. The van der Waals surface area contributed by atoms with E-state index in [-0.39, 0.29) is 12.1 Å². The van der Waals surface area contributed by atoms with Crippen molar-refractivity contribution in [3.8, 4) is 0 Å². The quantitative estimate of drug-likeness (QED) is 0.682. The summed E-state index contributed by atoms with van der Waals surface area (Å²) >= 11 is 0. The number of carbonyl (C=O) groups is 1. The molecule has 5 rings (SSSR count). The molecule has 2 amide bonds. The number of nitrogens with zero attached hydrogens (tertiary/aromatic N) is 2. The van der Waals surface area contributed by atoms with Gasteiger partial charge in [0, 0.05) is 36.8 Å². The van der Waals surface area contributed by atoms with Crippen LogP contribution in [0.4, 0.5) is 10.5 Å². The van der Waals surface area contributed by atoms with Crippen LogP contribution >= 0.6 is 0 Å². The van der Waals surface area contributed by atoms with Gasteiger partial charge in [-0.3, -0.25) is 9.80 Å². The van der Waals surface area contributed by atoms with E-state index in [0.717, 1.165) is 31.6 Å². The molecule has 1 fully saturated rings. The second-order valence-corrected chi connectivity index (χ2v) is 8.32. The van der Waals surface area contributed by atoms with Crippen LogP contribution in [0.3, 0.4) is 0 Å². The van der Waals surface area contributed by atoms with E-state index in [1.54, 1.807) is 4.90 Å². The second-order valence-electron chi connectivity index (χ2n) is 8.32. The summed E-state index contributed by atoms with van der Waals surface area (Å²) in [5.41, 5.74) is 10.9. The van der Waals surface area contributed by atoms with E-state index < -0.39 is 0 Å². The SMILES string of the molecule is NC(=O)N(c1ccccc1)[C@H]1CCN2C[C@@H](c3ccccc3)c3ccccc3[C@@H]2C1. The lowest BCUT2D eigenvalue weighted by molar-refractivity contribution is 0.117. The Labute approximate surface area is 177 Å². The van der Waals surface area contributed by atoms with Crippen LogP contribution < -0.4 is 10.6 Å². The number of para-hydroxylation sites is 1. The maximum absolute atomic E-state index is 12.4. The van der Waals surface area contributed by atoms with Gasteiger partial charge < -0.3 is 5.73 Å². The molecule has 3 aromatic carbocycles. The van der Waals surface area contributed by atoms with Gasteiger partial charge >= 0.3 is 6.03 Å². The lowest BCUT2D eigenvalue weighted by Gasteiger charge is -2.48. The molecule has 0 unspecified atom stereocenters. The number of primary amides is 1.